The van der Waals surface area contributed by atoms with Crippen LogP contribution in [0.2, 0.25) is 0 Å². The van der Waals surface area contributed by atoms with Crippen LogP contribution in [0, 0.1) is 0 Å². The first-order chi connectivity index (χ1) is 8.69. The first-order valence-corrected chi connectivity index (χ1v) is 5.94. The minimum atomic E-state index is -0.227. The number of halogens is 1. The lowest BCUT2D eigenvalue weighted by atomic mass is 10.2. The minimum Gasteiger partial charge on any atom is -0.497 e. The van der Waals surface area contributed by atoms with Crippen molar-refractivity contribution in [3.8, 4) is 5.75 Å². The average molecular weight is 249 g/mol. The molecule has 0 bridgehead atoms. The van der Waals surface area contributed by atoms with E-state index >= 15 is 0 Å². The van der Waals surface area contributed by atoms with Gasteiger partial charge in [-0.25, -0.2) is 4.39 Å². The maximum Gasteiger partial charge on any atom is 0.223 e. The van der Waals surface area contributed by atoms with Crippen LogP contribution in [0.15, 0.2) is 36.2 Å². The third kappa shape index (κ3) is 3.09. The van der Waals surface area contributed by atoms with Gasteiger partial charge in [0.1, 0.15) is 11.6 Å². The Balaban J connectivity index is 2.06. The molecule has 0 saturated heterocycles. The smallest absolute Gasteiger partial charge is 0.223 e. The van der Waals surface area contributed by atoms with Crippen molar-refractivity contribution in [1.29, 1.82) is 0 Å². The van der Waals surface area contributed by atoms with Gasteiger partial charge in [-0.2, -0.15) is 0 Å². The molecule has 1 aromatic rings. The molecule has 0 spiro atoms. The molecule has 4 heteroatoms. The largest absolute Gasteiger partial charge is 0.497 e. The Morgan fingerprint density at radius 2 is 2.06 bits per heavy atom. The van der Waals surface area contributed by atoms with E-state index in [1.54, 1.807) is 12.0 Å². The molecule has 0 saturated carbocycles. The lowest BCUT2D eigenvalue weighted by molar-refractivity contribution is -0.131. The summed E-state index contributed by atoms with van der Waals surface area (Å²) in [7, 11) is 1.60. The van der Waals surface area contributed by atoms with Gasteiger partial charge in [-0.05, 0) is 24.1 Å². The Morgan fingerprint density at radius 3 is 2.72 bits per heavy atom. The topological polar surface area (TPSA) is 29.5 Å². The first-order valence-electron chi connectivity index (χ1n) is 5.94. The number of hydrogen-bond donors (Lipinski definition) is 0. The van der Waals surface area contributed by atoms with Gasteiger partial charge >= 0.3 is 0 Å². The normalized spacial score (nSPS) is 16.2. The molecule has 1 aromatic carbocycles. The average Bonchev–Trinajstić information content (AvgIpc) is 2.53. The molecular formula is C14H16FNO2. The van der Waals surface area contributed by atoms with Gasteiger partial charge in [-0.15, -0.1) is 0 Å². The lowest BCUT2D eigenvalue weighted by Gasteiger charge is -2.20. The molecule has 0 N–H and O–H groups in total. The van der Waals surface area contributed by atoms with Crippen molar-refractivity contribution < 1.29 is 13.9 Å². The van der Waals surface area contributed by atoms with Gasteiger partial charge in [0.2, 0.25) is 5.91 Å². The molecule has 0 aromatic heterocycles. The first kappa shape index (κ1) is 12.6. The van der Waals surface area contributed by atoms with E-state index in [2.05, 4.69) is 0 Å². The Bertz CT molecular complexity index is 453. The number of rotatable bonds is 3. The molecule has 3 nitrogen and oxygen atoms in total. The summed E-state index contributed by atoms with van der Waals surface area (Å²) >= 11 is 0. The van der Waals surface area contributed by atoms with Gasteiger partial charge < -0.3 is 9.64 Å². The fraction of sp³-hybridized carbons (Fsp3) is 0.357. The highest BCUT2D eigenvalue weighted by atomic mass is 19.1. The van der Waals surface area contributed by atoms with Crippen molar-refractivity contribution in [1.82, 2.24) is 4.90 Å². The second kappa shape index (κ2) is 5.67. The molecule has 2 rings (SSSR count). The van der Waals surface area contributed by atoms with Crippen molar-refractivity contribution in [2.45, 2.75) is 19.4 Å². The standard InChI is InChI=1S/C14H16FNO2/c1-18-13-7-5-11(6-8-13)9-16-10-12(15)3-2-4-14(16)17/h3,5-8H,2,4,9-10H2,1H3. The van der Waals surface area contributed by atoms with Gasteiger partial charge in [0, 0.05) is 13.0 Å². The van der Waals surface area contributed by atoms with Gasteiger partial charge in [0.05, 0.1) is 13.7 Å². The number of nitrogens with zero attached hydrogens (tertiary/aromatic N) is 1. The van der Waals surface area contributed by atoms with E-state index in [9.17, 15) is 9.18 Å². The van der Waals surface area contributed by atoms with Gasteiger partial charge in [-0.3, -0.25) is 4.79 Å². The predicted octanol–water partition coefficient (Wildman–Crippen LogP) is 2.67. The van der Waals surface area contributed by atoms with Crippen LogP contribution in [-0.2, 0) is 11.3 Å². The fourth-order valence-electron chi connectivity index (χ4n) is 1.94. The summed E-state index contributed by atoms with van der Waals surface area (Å²) in [5.74, 6) is 0.538. The number of carbonyl (C=O) groups excluding carboxylic acids is 1. The number of methoxy groups -OCH3 is 1. The van der Waals surface area contributed by atoms with E-state index in [1.165, 1.54) is 6.08 Å². The molecule has 1 amide bonds. The number of benzene rings is 1. The summed E-state index contributed by atoms with van der Waals surface area (Å²) in [5.41, 5.74) is 0.971. The fourth-order valence-corrected chi connectivity index (χ4v) is 1.94. The third-order valence-corrected chi connectivity index (χ3v) is 2.95. The van der Waals surface area contributed by atoms with E-state index < -0.39 is 0 Å². The maximum absolute atomic E-state index is 13.3. The summed E-state index contributed by atoms with van der Waals surface area (Å²) in [5, 5.41) is 0. The van der Waals surface area contributed by atoms with E-state index in [4.69, 9.17) is 4.74 Å². The molecular weight excluding hydrogens is 233 g/mol. The Labute approximate surface area is 106 Å². The molecule has 0 atom stereocenters. The van der Waals surface area contributed by atoms with E-state index in [-0.39, 0.29) is 18.3 Å². The number of allylic oxidation sites excluding steroid dienone is 1. The molecule has 0 radical (unpaired) electrons. The SMILES string of the molecule is COc1ccc(CN2CC(F)=CCCC2=O)cc1. The maximum atomic E-state index is 13.3. The Kier molecular flexibility index (Phi) is 3.97. The van der Waals surface area contributed by atoms with Crippen molar-refractivity contribution >= 4 is 5.91 Å². The number of carbonyl (C=O) groups is 1. The zero-order chi connectivity index (χ0) is 13.0. The highest BCUT2D eigenvalue weighted by Gasteiger charge is 2.18. The van der Waals surface area contributed by atoms with Crippen molar-refractivity contribution in [2.75, 3.05) is 13.7 Å². The quantitative estimate of drug-likeness (QED) is 0.824. The molecule has 0 aliphatic carbocycles. The Hall–Kier alpha value is -1.84. The number of hydrogen-bond acceptors (Lipinski definition) is 2. The number of ether oxygens (including phenoxy) is 1. The summed E-state index contributed by atoms with van der Waals surface area (Å²) in [6, 6.07) is 7.45. The summed E-state index contributed by atoms with van der Waals surface area (Å²) in [6.07, 6.45) is 2.36. The number of amides is 1. The predicted molar refractivity (Wildman–Crippen MR) is 66.8 cm³/mol. The summed E-state index contributed by atoms with van der Waals surface area (Å²) in [4.78, 5) is 13.3. The van der Waals surface area contributed by atoms with Crippen LogP contribution in [0.25, 0.3) is 0 Å². The van der Waals surface area contributed by atoms with E-state index in [0.717, 1.165) is 11.3 Å². The van der Waals surface area contributed by atoms with Gasteiger partial charge in [0.25, 0.3) is 0 Å². The second-order valence-corrected chi connectivity index (χ2v) is 4.29. The van der Waals surface area contributed by atoms with Gasteiger partial charge in [0.15, 0.2) is 0 Å². The molecule has 0 unspecified atom stereocenters. The molecule has 1 heterocycles. The van der Waals surface area contributed by atoms with Crippen LogP contribution >= 0.6 is 0 Å². The van der Waals surface area contributed by atoms with Crippen LogP contribution in [0.3, 0.4) is 0 Å². The molecule has 0 fully saturated rings. The second-order valence-electron chi connectivity index (χ2n) is 4.29. The van der Waals surface area contributed by atoms with Crippen LogP contribution in [0.4, 0.5) is 4.39 Å². The lowest BCUT2D eigenvalue weighted by Crippen LogP contribution is -2.30. The zero-order valence-electron chi connectivity index (χ0n) is 10.4. The van der Waals surface area contributed by atoms with Crippen LogP contribution in [0.5, 0.6) is 5.75 Å². The minimum absolute atomic E-state index is 0.00489. The van der Waals surface area contributed by atoms with Crippen molar-refractivity contribution in [3.63, 3.8) is 0 Å². The third-order valence-electron chi connectivity index (χ3n) is 2.95. The Morgan fingerprint density at radius 1 is 1.33 bits per heavy atom. The highest BCUT2D eigenvalue weighted by Crippen LogP contribution is 2.17. The highest BCUT2D eigenvalue weighted by molar-refractivity contribution is 5.77. The van der Waals surface area contributed by atoms with Crippen molar-refractivity contribution in [3.05, 3.63) is 41.7 Å². The molecule has 18 heavy (non-hydrogen) atoms. The molecule has 1 aliphatic rings. The van der Waals surface area contributed by atoms with Crippen LogP contribution < -0.4 is 4.74 Å². The summed E-state index contributed by atoms with van der Waals surface area (Å²) in [6.45, 7) is 0.509. The van der Waals surface area contributed by atoms with Crippen molar-refractivity contribution in [2.24, 2.45) is 0 Å². The summed E-state index contributed by atoms with van der Waals surface area (Å²) < 4.78 is 18.4. The molecule has 96 valence electrons. The van der Waals surface area contributed by atoms with Crippen LogP contribution in [0.1, 0.15) is 18.4 Å². The monoisotopic (exact) mass is 249 g/mol. The zero-order valence-corrected chi connectivity index (χ0v) is 10.4. The molecule has 1 aliphatic heterocycles. The van der Waals surface area contributed by atoms with E-state index in [1.807, 2.05) is 24.3 Å². The van der Waals surface area contributed by atoms with Crippen LogP contribution in [-0.4, -0.2) is 24.5 Å². The van der Waals surface area contributed by atoms with E-state index in [0.29, 0.717) is 19.4 Å². The van der Waals surface area contributed by atoms with Gasteiger partial charge in [-0.1, -0.05) is 18.2 Å².